The largest absolute Gasteiger partial charge is 0.0622 e. The Hall–Kier alpha value is -6.24. The van der Waals surface area contributed by atoms with Gasteiger partial charge in [0.1, 0.15) is 0 Å². The van der Waals surface area contributed by atoms with E-state index in [-0.39, 0.29) is 10.8 Å². The summed E-state index contributed by atoms with van der Waals surface area (Å²) in [5.74, 6) is 0. The van der Waals surface area contributed by atoms with Gasteiger partial charge in [-0.3, -0.25) is 0 Å². The summed E-state index contributed by atoms with van der Waals surface area (Å²) >= 11 is 0. The lowest BCUT2D eigenvalue weighted by atomic mass is 9.78. The van der Waals surface area contributed by atoms with Crippen LogP contribution in [0.2, 0.25) is 0 Å². The van der Waals surface area contributed by atoms with Crippen molar-refractivity contribution in [2.75, 3.05) is 0 Å². The third-order valence-electron chi connectivity index (χ3n) is 11.6. The molecule has 0 aromatic heterocycles. The van der Waals surface area contributed by atoms with E-state index in [1.807, 2.05) is 0 Å². The molecule has 0 aliphatic carbocycles. The molecule has 0 spiro atoms. The predicted octanol–water partition coefficient (Wildman–Crippen LogP) is 16.1. The summed E-state index contributed by atoms with van der Waals surface area (Å²) in [6.07, 6.45) is 0. The average molecular weight is 721 g/mol. The van der Waals surface area contributed by atoms with Gasteiger partial charge in [0, 0.05) is 0 Å². The Morgan fingerprint density at radius 1 is 0.268 bits per heavy atom. The number of benzene rings is 9. The zero-order valence-electron chi connectivity index (χ0n) is 33.3. The molecule has 0 fully saturated rings. The molecule has 0 heteroatoms. The SMILES string of the molecule is CC(C)(C)c1ccc2c(-c3ccccc3-c3ccccc3-c3ccccc3-c3ccccc3)c3ccc(C(C)(C)C)cc3c(-c3ccc4ccccc4c3)c2c1. The molecule has 9 rings (SSSR count). The monoisotopic (exact) mass is 720 g/mol. The Bertz CT molecular complexity index is 2840. The van der Waals surface area contributed by atoms with Crippen molar-refractivity contribution in [3.63, 3.8) is 0 Å². The third-order valence-corrected chi connectivity index (χ3v) is 11.6. The molecule has 0 nitrogen and oxygen atoms in total. The molecule has 272 valence electrons. The van der Waals surface area contributed by atoms with Crippen molar-refractivity contribution in [2.45, 2.75) is 52.4 Å². The molecule has 0 saturated heterocycles. The summed E-state index contributed by atoms with van der Waals surface area (Å²) in [6, 6.07) is 67.9. The minimum atomic E-state index is -0.0137. The highest BCUT2D eigenvalue weighted by atomic mass is 14.3. The average Bonchev–Trinajstić information content (AvgIpc) is 3.22. The van der Waals surface area contributed by atoms with Crippen LogP contribution in [-0.4, -0.2) is 0 Å². The van der Waals surface area contributed by atoms with Crippen LogP contribution in [0.3, 0.4) is 0 Å². The molecule has 9 aromatic carbocycles. The Morgan fingerprint density at radius 3 is 1.23 bits per heavy atom. The number of hydrogen-bond acceptors (Lipinski definition) is 0. The second-order valence-electron chi connectivity index (χ2n) is 17.3. The van der Waals surface area contributed by atoms with Crippen LogP contribution in [0, 0.1) is 0 Å². The minimum absolute atomic E-state index is 0.0137. The Balaban J connectivity index is 1.39. The van der Waals surface area contributed by atoms with Crippen LogP contribution in [0.5, 0.6) is 0 Å². The number of rotatable bonds is 5. The molecule has 0 bridgehead atoms. The summed E-state index contributed by atoms with van der Waals surface area (Å²) in [4.78, 5) is 0. The standard InChI is InChI=1S/C56H48/c1-55(2,3)41-30-32-49-51(35-41)53(40-29-28-37-18-10-11-21-39(37)34-40)52-36-42(56(4,5)6)31-33-50(52)54(49)48-27-17-16-26-47(48)46-25-15-14-24-45(46)44-23-13-12-22-43(44)38-19-8-7-9-20-38/h7-36H,1-6H3. The van der Waals surface area contributed by atoms with Crippen molar-refractivity contribution in [1.29, 1.82) is 0 Å². The van der Waals surface area contributed by atoms with E-state index in [4.69, 9.17) is 0 Å². The van der Waals surface area contributed by atoms with Gasteiger partial charge in [0.15, 0.2) is 0 Å². The van der Waals surface area contributed by atoms with Crippen LogP contribution < -0.4 is 0 Å². The molecule has 0 saturated carbocycles. The summed E-state index contributed by atoms with van der Waals surface area (Å²) in [5.41, 5.74) is 15.1. The van der Waals surface area contributed by atoms with E-state index < -0.39 is 0 Å². The predicted molar refractivity (Wildman–Crippen MR) is 244 cm³/mol. The van der Waals surface area contributed by atoms with Crippen LogP contribution in [0.1, 0.15) is 52.7 Å². The van der Waals surface area contributed by atoms with Crippen LogP contribution in [-0.2, 0) is 10.8 Å². The van der Waals surface area contributed by atoms with Crippen molar-refractivity contribution >= 4 is 32.3 Å². The van der Waals surface area contributed by atoms with E-state index in [0.717, 1.165) is 0 Å². The van der Waals surface area contributed by atoms with Crippen LogP contribution in [0.15, 0.2) is 182 Å². The molecule has 0 radical (unpaired) electrons. The number of fused-ring (bicyclic) bond motifs is 3. The van der Waals surface area contributed by atoms with Gasteiger partial charge in [0.25, 0.3) is 0 Å². The van der Waals surface area contributed by atoms with Crippen molar-refractivity contribution in [1.82, 2.24) is 0 Å². The Labute approximate surface area is 332 Å². The van der Waals surface area contributed by atoms with Crippen molar-refractivity contribution in [3.05, 3.63) is 193 Å². The second-order valence-corrected chi connectivity index (χ2v) is 17.3. The van der Waals surface area contributed by atoms with Crippen LogP contribution in [0.4, 0.5) is 0 Å². The molecular weight excluding hydrogens is 673 g/mol. The first-order valence-electron chi connectivity index (χ1n) is 19.9. The number of hydrogen-bond donors (Lipinski definition) is 0. The fourth-order valence-electron chi connectivity index (χ4n) is 8.58. The van der Waals surface area contributed by atoms with Gasteiger partial charge in [-0.05, 0) is 128 Å². The van der Waals surface area contributed by atoms with E-state index in [0.29, 0.717) is 0 Å². The molecule has 0 N–H and O–H groups in total. The minimum Gasteiger partial charge on any atom is -0.0622 e. The maximum absolute atomic E-state index is 2.49. The van der Waals surface area contributed by atoms with E-state index >= 15 is 0 Å². The van der Waals surface area contributed by atoms with Gasteiger partial charge >= 0.3 is 0 Å². The summed E-state index contributed by atoms with van der Waals surface area (Å²) in [6.45, 7) is 13.9. The highest BCUT2D eigenvalue weighted by Gasteiger charge is 2.24. The quantitative estimate of drug-likeness (QED) is 0.155. The second kappa shape index (κ2) is 13.8. The molecule has 0 atom stereocenters. The zero-order valence-corrected chi connectivity index (χ0v) is 33.3. The first kappa shape index (κ1) is 35.5. The van der Waals surface area contributed by atoms with Crippen molar-refractivity contribution in [3.8, 4) is 55.6 Å². The van der Waals surface area contributed by atoms with Gasteiger partial charge in [0.2, 0.25) is 0 Å². The topological polar surface area (TPSA) is 0 Å². The first-order valence-corrected chi connectivity index (χ1v) is 19.9. The molecule has 0 heterocycles. The summed E-state index contributed by atoms with van der Waals surface area (Å²) < 4.78 is 0. The van der Waals surface area contributed by atoms with E-state index in [9.17, 15) is 0 Å². The van der Waals surface area contributed by atoms with Crippen LogP contribution >= 0.6 is 0 Å². The zero-order chi connectivity index (χ0) is 38.6. The lowest BCUT2D eigenvalue weighted by Crippen LogP contribution is -2.11. The molecule has 0 aliphatic heterocycles. The van der Waals surface area contributed by atoms with Crippen molar-refractivity contribution < 1.29 is 0 Å². The normalized spacial score (nSPS) is 12.1. The van der Waals surface area contributed by atoms with Gasteiger partial charge in [-0.1, -0.05) is 205 Å². The third kappa shape index (κ3) is 6.30. The van der Waals surface area contributed by atoms with Gasteiger partial charge < -0.3 is 0 Å². The molecule has 56 heavy (non-hydrogen) atoms. The summed E-state index contributed by atoms with van der Waals surface area (Å²) in [7, 11) is 0. The lowest BCUT2D eigenvalue weighted by Gasteiger charge is -2.26. The molecule has 0 amide bonds. The van der Waals surface area contributed by atoms with Crippen molar-refractivity contribution in [2.24, 2.45) is 0 Å². The Kier molecular flexibility index (Phi) is 8.74. The van der Waals surface area contributed by atoms with Gasteiger partial charge in [-0.2, -0.15) is 0 Å². The van der Waals surface area contributed by atoms with E-state index in [1.165, 1.54) is 99.1 Å². The fourth-order valence-corrected chi connectivity index (χ4v) is 8.58. The maximum Gasteiger partial charge on any atom is -0.00201 e. The first-order chi connectivity index (χ1) is 27.1. The highest BCUT2D eigenvalue weighted by Crippen LogP contribution is 2.49. The smallest absolute Gasteiger partial charge is 0.00201 e. The van der Waals surface area contributed by atoms with Gasteiger partial charge in [0.05, 0.1) is 0 Å². The van der Waals surface area contributed by atoms with E-state index in [2.05, 4.69) is 224 Å². The highest BCUT2D eigenvalue weighted by molar-refractivity contribution is 6.23. The van der Waals surface area contributed by atoms with Gasteiger partial charge in [-0.25, -0.2) is 0 Å². The molecule has 9 aromatic rings. The molecule has 0 aliphatic rings. The fraction of sp³-hybridized carbons (Fsp3) is 0.143. The summed E-state index contributed by atoms with van der Waals surface area (Å²) in [5, 5.41) is 7.64. The van der Waals surface area contributed by atoms with Crippen LogP contribution in [0.25, 0.3) is 88.0 Å². The molecule has 0 unspecified atom stereocenters. The van der Waals surface area contributed by atoms with Gasteiger partial charge in [-0.15, -0.1) is 0 Å². The Morgan fingerprint density at radius 2 is 0.696 bits per heavy atom. The van der Waals surface area contributed by atoms with E-state index in [1.54, 1.807) is 0 Å². The maximum atomic E-state index is 2.49. The lowest BCUT2D eigenvalue weighted by molar-refractivity contribution is 0.591. The molecular formula is C56H48.